The van der Waals surface area contributed by atoms with E-state index in [0.29, 0.717) is 4.99 Å². The molecule has 0 aliphatic heterocycles. The molecule has 1 atom stereocenters. The molecule has 0 aliphatic carbocycles. The van der Waals surface area contributed by atoms with Gasteiger partial charge in [0.1, 0.15) is 5.51 Å². The normalized spacial score (nSPS) is 12.4. The highest BCUT2D eigenvalue weighted by atomic mass is 32.1. The lowest BCUT2D eigenvalue weighted by molar-refractivity contribution is 0.702. The Bertz CT molecular complexity index is 286. The van der Waals surface area contributed by atoms with Crippen LogP contribution in [0.4, 0.5) is 5.13 Å². The molecule has 0 amide bonds. The SMILES string of the molecule is CCN(CC(C)C(N)=S)c1nncs1. The van der Waals surface area contributed by atoms with Crippen LogP contribution in [0.1, 0.15) is 13.8 Å². The van der Waals surface area contributed by atoms with Crippen molar-refractivity contribution in [2.24, 2.45) is 11.7 Å². The largest absolute Gasteiger partial charge is 0.393 e. The number of nitrogens with two attached hydrogens (primary N) is 1. The zero-order chi connectivity index (χ0) is 10.6. The Hall–Kier alpha value is -0.750. The van der Waals surface area contributed by atoms with Crippen LogP contribution in [0.3, 0.4) is 0 Å². The van der Waals surface area contributed by atoms with E-state index in [-0.39, 0.29) is 5.92 Å². The van der Waals surface area contributed by atoms with E-state index >= 15 is 0 Å². The number of hydrogen-bond donors (Lipinski definition) is 1. The van der Waals surface area contributed by atoms with Crippen LogP contribution in [0.25, 0.3) is 0 Å². The van der Waals surface area contributed by atoms with Gasteiger partial charge in [-0.2, -0.15) is 0 Å². The molecule has 0 aliphatic rings. The minimum atomic E-state index is 0.203. The zero-order valence-electron chi connectivity index (χ0n) is 8.30. The highest BCUT2D eigenvalue weighted by Gasteiger charge is 2.13. The van der Waals surface area contributed by atoms with Gasteiger partial charge in [0, 0.05) is 19.0 Å². The van der Waals surface area contributed by atoms with Crippen LogP contribution in [0, 0.1) is 5.92 Å². The highest BCUT2D eigenvalue weighted by molar-refractivity contribution is 7.80. The molecule has 0 radical (unpaired) electrons. The Kier molecular flexibility index (Phi) is 4.21. The van der Waals surface area contributed by atoms with Gasteiger partial charge in [0.2, 0.25) is 5.13 Å². The second kappa shape index (κ2) is 5.21. The molecule has 0 saturated carbocycles. The van der Waals surface area contributed by atoms with Gasteiger partial charge >= 0.3 is 0 Å². The van der Waals surface area contributed by atoms with E-state index in [1.54, 1.807) is 5.51 Å². The van der Waals surface area contributed by atoms with Gasteiger partial charge in [0.05, 0.1) is 4.99 Å². The summed E-state index contributed by atoms with van der Waals surface area (Å²) in [5, 5.41) is 8.74. The Morgan fingerprint density at radius 1 is 1.79 bits per heavy atom. The molecule has 6 heteroatoms. The molecule has 4 nitrogen and oxygen atoms in total. The van der Waals surface area contributed by atoms with Crippen molar-refractivity contribution in [3.8, 4) is 0 Å². The molecular formula is C8H14N4S2. The molecule has 0 spiro atoms. The third-order valence-corrected chi connectivity index (χ3v) is 3.13. The molecule has 1 rings (SSSR count). The zero-order valence-corrected chi connectivity index (χ0v) is 9.94. The first-order chi connectivity index (χ1) is 6.65. The van der Waals surface area contributed by atoms with E-state index in [9.17, 15) is 0 Å². The van der Waals surface area contributed by atoms with E-state index in [1.165, 1.54) is 11.3 Å². The fourth-order valence-electron chi connectivity index (χ4n) is 1.07. The first-order valence-electron chi connectivity index (χ1n) is 4.45. The quantitative estimate of drug-likeness (QED) is 0.772. The summed E-state index contributed by atoms with van der Waals surface area (Å²) < 4.78 is 0. The van der Waals surface area contributed by atoms with Crippen molar-refractivity contribution in [2.75, 3.05) is 18.0 Å². The maximum absolute atomic E-state index is 5.56. The number of rotatable bonds is 5. The molecule has 0 fully saturated rings. The summed E-state index contributed by atoms with van der Waals surface area (Å²) in [6.07, 6.45) is 0. The van der Waals surface area contributed by atoms with Crippen molar-refractivity contribution in [1.29, 1.82) is 0 Å². The van der Waals surface area contributed by atoms with E-state index in [0.717, 1.165) is 18.2 Å². The lowest BCUT2D eigenvalue weighted by Crippen LogP contribution is -2.33. The number of anilines is 1. The summed E-state index contributed by atoms with van der Waals surface area (Å²) in [6.45, 7) is 5.79. The van der Waals surface area contributed by atoms with Crippen LogP contribution in [0.15, 0.2) is 5.51 Å². The molecule has 78 valence electrons. The summed E-state index contributed by atoms with van der Waals surface area (Å²) in [5.41, 5.74) is 7.29. The minimum absolute atomic E-state index is 0.203. The number of thiocarbonyl (C=S) groups is 1. The molecule has 0 aromatic carbocycles. The van der Waals surface area contributed by atoms with Crippen molar-refractivity contribution in [3.63, 3.8) is 0 Å². The smallest absolute Gasteiger partial charge is 0.208 e. The molecule has 0 saturated heterocycles. The predicted octanol–water partition coefficient (Wildman–Crippen LogP) is 1.29. The Morgan fingerprint density at radius 3 is 2.93 bits per heavy atom. The van der Waals surface area contributed by atoms with Crippen LogP contribution < -0.4 is 10.6 Å². The lowest BCUT2D eigenvalue weighted by Gasteiger charge is -2.22. The van der Waals surface area contributed by atoms with Crippen LogP contribution >= 0.6 is 23.6 Å². The maximum atomic E-state index is 5.56. The predicted molar refractivity (Wildman–Crippen MR) is 63.7 cm³/mol. The van der Waals surface area contributed by atoms with Crippen LogP contribution in [-0.2, 0) is 0 Å². The first-order valence-corrected chi connectivity index (χ1v) is 5.74. The summed E-state index contributed by atoms with van der Waals surface area (Å²) in [7, 11) is 0. The van der Waals surface area contributed by atoms with E-state index in [1.807, 2.05) is 6.92 Å². The van der Waals surface area contributed by atoms with Crippen LogP contribution in [-0.4, -0.2) is 28.3 Å². The van der Waals surface area contributed by atoms with Gasteiger partial charge in [-0.1, -0.05) is 30.5 Å². The average molecular weight is 230 g/mol. The Labute approximate surface area is 93.1 Å². The van der Waals surface area contributed by atoms with Crippen LogP contribution in [0.2, 0.25) is 0 Å². The first kappa shape index (κ1) is 11.3. The molecule has 1 unspecified atom stereocenters. The van der Waals surface area contributed by atoms with E-state index in [2.05, 4.69) is 22.0 Å². The average Bonchev–Trinajstić information content (AvgIpc) is 2.66. The Morgan fingerprint density at radius 2 is 2.50 bits per heavy atom. The third kappa shape index (κ3) is 2.88. The van der Waals surface area contributed by atoms with E-state index < -0.39 is 0 Å². The Balaban J connectivity index is 2.60. The fraction of sp³-hybridized carbons (Fsp3) is 0.625. The van der Waals surface area contributed by atoms with Crippen LogP contribution in [0.5, 0.6) is 0 Å². The molecule has 1 aromatic rings. The monoisotopic (exact) mass is 230 g/mol. The summed E-state index contributed by atoms with van der Waals surface area (Å²) in [6, 6.07) is 0. The third-order valence-electron chi connectivity index (χ3n) is 1.98. The van der Waals surface area contributed by atoms with Gasteiger partial charge in [0.25, 0.3) is 0 Å². The number of hydrogen-bond acceptors (Lipinski definition) is 5. The van der Waals surface area contributed by atoms with E-state index in [4.69, 9.17) is 18.0 Å². The van der Waals surface area contributed by atoms with Crippen molar-refractivity contribution >= 4 is 33.7 Å². The summed E-state index contributed by atoms with van der Waals surface area (Å²) in [4.78, 5) is 2.68. The minimum Gasteiger partial charge on any atom is -0.393 e. The van der Waals surface area contributed by atoms with Crippen molar-refractivity contribution in [2.45, 2.75) is 13.8 Å². The second-order valence-electron chi connectivity index (χ2n) is 3.06. The van der Waals surface area contributed by atoms with Gasteiger partial charge in [-0.3, -0.25) is 0 Å². The van der Waals surface area contributed by atoms with Crippen molar-refractivity contribution < 1.29 is 0 Å². The lowest BCUT2D eigenvalue weighted by atomic mass is 10.2. The highest BCUT2D eigenvalue weighted by Crippen LogP contribution is 2.16. The van der Waals surface area contributed by atoms with Gasteiger partial charge in [0.15, 0.2) is 0 Å². The fourth-order valence-corrected chi connectivity index (χ4v) is 1.78. The molecule has 2 N–H and O–H groups in total. The van der Waals surface area contributed by atoms with Gasteiger partial charge in [-0.15, -0.1) is 10.2 Å². The summed E-state index contributed by atoms with van der Waals surface area (Å²) >= 11 is 6.46. The number of aromatic nitrogens is 2. The van der Waals surface area contributed by atoms with Gasteiger partial charge < -0.3 is 10.6 Å². The standard InChI is InChI=1S/C8H14N4S2/c1-3-12(4-6(2)7(9)13)8-11-10-5-14-8/h5-6H,3-4H2,1-2H3,(H2,9,13). The molecule has 0 bridgehead atoms. The second-order valence-corrected chi connectivity index (χ2v) is 4.35. The van der Waals surface area contributed by atoms with Crippen molar-refractivity contribution in [1.82, 2.24) is 10.2 Å². The molecule has 1 heterocycles. The maximum Gasteiger partial charge on any atom is 0.208 e. The molecule has 14 heavy (non-hydrogen) atoms. The topological polar surface area (TPSA) is 55.0 Å². The molecular weight excluding hydrogens is 216 g/mol. The van der Waals surface area contributed by atoms with Gasteiger partial charge in [-0.25, -0.2) is 0 Å². The summed E-state index contributed by atoms with van der Waals surface area (Å²) in [5.74, 6) is 0.203. The molecule has 1 aromatic heterocycles. The van der Waals surface area contributed by atoms with Crippen molar-refractivity contribution in [3.05, 3.63) is 5.51 Å². The number of nitrogens with zero attached hydrogens (tertiary/aromatic N) is 3. The van der Waals surface area contributed by atoms with Gasteiger partial charge in [-0.05, 0) is 6.92 Å².